The highest BCUT2D eigenvalue weighted by Crippen LogP contribution is 2.33. The van der Waals surface area contributed by atoms with Gasteiger partial charge in [0.15, 0.2) is 0 Å². The Labute approximate surface area is 117 Å². The summed E-state index contributed by atoms with van der Waals surface area (Å²) in [6, 6.07) is 15.1. The van der Waals surface area contributed by atoms with Gasteiger partial charge in [0.05, 0.1) is 0 Å². The van der Waals surface area contributed by atoms with Crippen molar-refractivity contribution in [2.24, 2.45) is 0 Å². The van der Waals surface area contributed by atoms with Crippen LogP contribution in [-0.4, -0.2) is 13.1 Å². The van der Waals surface area contributed by atoms with Crippen molar-refractivity contribution in [2.45, 2.75) is 11.8 Å². The summed E-state index contributed by atoms with van der Waals surface area (Å²) >= 11 is 5.97. The lowest BCUT2D eigenvalue weighted by molar-refractivity contribution is 0.272. The highest BCUT2D eigenvalue weighted by Gasteiger charge is 2.39. The van der Waals surface area contributed by atoms with Crippen LogP contribution in [0.1, 0.15) is 11.1 Å². The minimum absolute atomic E-state index is 0.00716. The van der Waals surface area contributed by atoms with Gasteiger partial charge < -0.3 is 5.32 Å². The molecule has 2 aromatic carbocycles. The van der Waals surface area contributed by atoms with Crippen molar-refractivity contribution >= 4 is 11.6 Å². The van der Waals surface area contributed by atoms with Gasteiger partial charge in [0.1, 0.15) is 5.82 Å². The van der Waals surface area contributed by atoms with Crippen LogP contribution >= 0.6 is 11.6 Å². The molecule has 0 spiro atoms. The SMILES string of the molecule is Fc1ccc(Cl)cc1CC1(c2ccccc2)CNC1. The second kappa shape index (κ2) is 4.95. The molecule has 0 saturated carbocycles. The lowest BCUT2D eigenvalue weighted by atomic mass is 9.71. The Kier molecular flexibility index (Phi) is 3.29. The van der Waals surface area contributed by atoms with E-state index in [0.29, 0.717) is 17.0 Å². The first-order chi connectivity index (χ1) is 9.20. The molecule has 1 saturated heterocycles. The van der Waals surface area contributed by atoms with Crippen molar-refractivity contribution in [2.75, 3.05) is 13.1 Å². The summed E-state index contributed by atoms with van der Waals surface area (Å²) in [7, 11) is 0. The average molecular weight is 276 g/mol. The number of benzene rings is 2. The van der Waals surface area contributed by atoms with Gasteiger partial charge in [0.25, 0.3) is 0 Å². The van der Waals surface area contributed by atoms with Crippen LogP contribution in [0.4, 0.5) is 4.39 Å². The maximum Gasteiger partial charge on any atom is 0.126 e. The van der Waals surface area contributed by atoms with Crippen LogP contribution in [0.15, 0.2) is 48.5 Å². The summed E-state index contributed by atoms with van der Waals surface area (Å²) in [4.78, 5) is 0. The zero-order chi connectivity index (χ0) is 13.3. The Morgan fingerprint density at radius 1 is 1.11 bits per heavy atom. The second-order valence-electron chi connectivity index (χ2n) is 5.16. The highest BCUT2D eigenvalue weighted by molar-refractivity contribution is 6.30. The third-order valence-corrected chi connectivity index (χ3v) is 4.08. The van der Waals surface area contributed by atoms with Crippen LogP contribution in [0.3, 0.4) is 0 Å². The van der Waals surface area contributed by atoms with E-state index >= 15 is 0 Å². The van der Waals surface area contributed by atoms with E-state index in [9.17, 15) is 4.39 Å². The molecule has 0 unspecified atom stereocenters. The fourth-order valence-electron chi connectivity index (χ4n) is 2.69. The van der Waals surface area contributed by atoms with E-state index in [4.69, 9.17) is 11.6 Å². The van der Waals surface area contributed by atoms with E-state index in [0.717, 1.165) is 13.1 Å². The largest absolute Gasteiger partial charge is 0.315 e. The second-order valence-corrected chi connectivity index (χ2v) is 5.60. The van der Waals surface area contributed by atoms with E-state index in [-0.39, 0.29) is 11.2 Å². The smallest absolute Gasteiger partial charge is 0.126 e. The normalized spacial score (nSPS) is 16.9. The maximum atomic E-state index is 13.9. The summed E-state index contributed by atoms with van der Waals surface area (Å²) in [5.74, 6) is -0.174. The Morgan fingerprint density at radius 2 is 1.84 bits per heavy atom. The van der Waals surface area contributed by atoms with Gasteiger partial charge in [-0.25, -0.2) is 4.39 Å². The van der Waals surface area contributed by atoms with Crippen LogP contribution in [0, 0.1) is 5.82 Å². The molecule has 3 heteroatoms. The molecule has 3 rings (SSSR count). The van der Waals surface area contributed by atoms with Crippen molar-refractivity contribution < 1.29 is 4.39 Å². The highest BCUT2D eigenvalue weighted by atomic mass is 35.5. The molecule has 1 N–H and O–H groups in total. The fraction of sp³-hybridized carbons (Fsp3) is 0.250. The Bertz CT molecular complexity index is 579. The van der Waals surface area contributed by atoms with Gasteiger partial charge in [0.2, 0.25) is 0 Å². The first-order valence-electron chi connectivity index (χ1n) is 6.40. The van der Waals surface area contributed by atoms with Gasteiger partial charge >= 0.3 is 0 Å². The number of rotatable bonds is 3. The minimum Gasteiger partial charge on any atom is -0.315 e. The van der Waals surface area contributed by atoms with Crippen molar-refractivity contribution in [1.82, 2.24) is 5.32 Å². The van der Waals surface area contributed by atoms with Gasteiger partial charge in [-0.2, -0.15) is 0 Å². The predicted molar refractivity (Wildman–Crippen MR) is 76.1 cm³/mol. The van der Waals surface area contributed by atoms with E-state index in [2.05, 4.69) is 17.4 Å². The quantitative estimate of drug-likeness (QED) is 0.903. The third kappa shape index (κ3) is 2.38. The molecule has 1 heterocycles. The third-order valence-electron chi connectivity index (χ3n) is 3.85. The summed E-state index contributed by atoms with van der Waals surface area (Å²) in [5.41, 5.74) is 1.94. The molecule has 1 aliphatic heterocycles. The molecule has 1 aliphatic rings. The van der Waals surface area contributed by atoms with E-state index in [1.165, 1.54) is 11.6 Å². The van der Waals surface area contributed by atoms with Crippen molar-refractivity contribution in [1.29, 1.82) is 0 Å². The molecule has 98 valence electrons. The van der Waals surface area contributed by atoms with Crippen LogP contribution in [0.25, 0.3) is 0 Å². The molecule has 0 radical (unpaired) electrons. The Hall–Kier alpha value is -1.38. The number of halogens is 2. The summed E-state index contributed by atoms with van der Waals surface area (Å²) in [6.45, 7) is 1.76. The Balaban J connectivity index is 1.94. The van der Waals surface area contributed by atoms with Crippen molar-refractivity contribution in [3.05, 3.63) is 70.5 Å². The molecule has 0 bridgehead atoms. The number of hydrogen-bond donors (Lipinski definition) is 1. The first kappa shape index (κ1) is 12.6. The zero-order valence-electron chi connectivity index (χ0n) is 10.5. The zero-order valence-corrected chi connectivity index (χ0v) is 11.3. The summed E-state index contributed by atoms with van der Waals surface area (Å²) in [5, 5.41) is 3.89. The van der Waals surface area contributed by atoms with E-state index in [1.807, 2.05) is 18.2 Å². The van der Waals surface area contributed by atoms with Crippen molar-refractivity contribution in [3.63, 3.8) is 0 Å². The molecule has 0 aromatic heterocycles. The van der Waals surface area contributed by atoms with Crippen LogP contribution in [0.2, 0.25) is 5.02 Å². The molecular weight excluding hydrogens is 261 g/mol. The van der Waals surface area contributed by atoms with Crippen LogP contribution in [-0.2, 0) is 11.8 Å². The van der Waals surface area contributed by atoms with Gasteiger partial charge in [-0.05, 0) is 35.7 Å². The fourth-order valence-corrected chi connectivity index (χ4v) is 2.89. The minimum atomic E-state index is -0.174. The number of nitrogens with one attached hydrogen (secondary N) is 1. The standard InChI is InChI=1S/C16H15ClFN/c17-14-6-7-15(18)12(8-14)9-16(10-19-11-16)13-4-2-1-3-5-13/h1-8,19H,9-11H2. The summed E-state index contributed by atoms with van der Waals surface area (Å²) in [6.07, 6.45) is 0.677. The van der Waals surface area contributed by atoms with Gasteiger partial charge in [0, 0.05) is 23.5 Å². The van der Waals surface area contributed by atoms with Crippen molar-refractivity contribution in [3.8, 4) is 0 Å². The molecule has 1 nitrogen and oxygen atoms in total. The predicted octanol–water partition coefficient (Wildman–Crippen LogP) is 3.56. The van der Waals surface area contributed by atoms with E-state index in [1.54, 1.807) is 12.1 Å². The molecular formula is C16H15ClFN. The van der Waals surface area contributed by atoms with Crippen LogP contribution < -0.4 is 5.32 Å². The van der Waals surface area contributed by atoms with Crippen LogP contribution in [0.5, 0.6) is 0 Å². The monoisotopic (exact) mass is 275 g/mol. The average Bonchev–Trinajstić information content (AvgIpc) is 2.39. The molecule has 19 heavy (non-hydrogen) atoms. The molecule has 0 atom stereocenters. The lowest BCUT2D eigenvalue weighted by Gasteiger charge is -2.43. The molecule has 1 fully saturated rings. The van der Waals surface area contributed by atoms with E-state index < -0.39 is 0 Å². The number of hydrogen-bond acceptors (Lipinski definition) is 1. The molecule has 0 aliphatic carbocycles. The van der Waals surface area contributed by atoms with Gasteiger partial charge in [-0.3, -0.25) is 0 Å². The van der Waals surface area contributed by atoms with Gasteiger partial charge in [-0.1, -0.05) is 41.9 Å². The lowest BCUT2D eigenvalue weighted by Crippen LogP contribution is -2.58. The topological polar surface area (TPSA) is 12.0 Å². The molecule has 2 aromatic rings. The molecule has 0 amide bonds. The summed E-state index contributed by atoms with van der Waals surface area (Å²) < 4.78 is 13.9. The first-order valence-corrected chi connectivity index (χ1v) is 6.78. The maximum absolute atomic E-state index is 13.9. The Morgan fingerprint density at radius 3 is 2.47 bits per heavy atom. The van der Waals surface area contributed by atoms with Gasteiger partial charge in [-0.15, -0.1) is 0 Å².